The van der Waals surface area contributed by atoms with Crippen molar-refractivity contribution in [3.63, 3.8) is 0 Å². The van der Waals surface area contributed by atoms with E-state index in [1.807, 2.05) is 30.3 Å². The maximum Gasteiger partial charge on any atom is 0.255 e. The molecule has 1 saturated heterocycles. The van der Waals surface area contributed by atoms with E-state index in [1.165, 1.54) is 34.1 Å². The monoisotopic (exact) mass is 471 g/mol. The predicted octanol–water partition coefficient (Wildman–Crippen LogP) is 3.72. The molecule has 6 nitrogen and oxygen atoms in total. The Bertz CT molecular complexity index is 1240. The fraction of sp³-hybridized carbons (Fsp3) is 0.208. The number of amides is 1. The van der Waals surface area contributed by atoms with Crippen molar-refractivity contribution >= 4 is 21.6 Å². The SMILES string of the molecule is O=C(Nc1cc(F)ccc1F)c1cccc(S(=O)(=O)N2CCN(Cc3ccccc3)CC2)c1. The molecule has 4 rings (SSSR count). The van der Waals surface area contributed by atoms with E-state index in [9.17, 15) is 22.0 Å². The molecule has 1 N–H and O–H groups in total. The summed E-state index contributed by atoms with van der Waals surface area (Å²) in [6.45, 7) is 2.60. The average molecular weight is 472 g/mol. The second-order valence-corrected chi connectivity index (χ2v) is 9.71. The van der Waals surface area contributed by atoms with Crippen LogP contribution >= 0.6 is 0 Å². The van der Waals surface area contributed by atoms with Crippen molar-refractivity contribution < 1.29 is 22.0 Å². The van der Waals surface area contributed by atoms with Gasteiger partial charge in [0.2, 0.25) is 10.0 Å². The number of benzene rings is 3. The number of sulfonamides is 1. The Morgan fingerprint density at radius 3 is 2.33 bits per heavy atom. The van der Waals surface area contributed by atoms with Crippen molar-refractivity contribution in [1.29, 1.82) is 0 Å². The van der Waals surface area contributed by atoms with Crippen LogP contribution in [0.3, 0.4) is 0 Å². The molecule has 172 valence electrons. The Morgan fingerprint density at radius 2 is 1.61 bits per heavy atom. The van der Waals surface area contributed by atoms with Gasteiger partial charge in [0.25, 0.3) is 5.91 Å². The van der Waals surface area contributed by atoms with Crippen LogP contribution in [0, 0.1) is 11.6 Å². The molecule has 1 aliphatic rings. The van der Waals surface area contributed by atoms with Gasteiger partial charge in [-0.15, -0.1) is 0 Å². The van der Waals surface area contributed by atoms with E-state index in [-0.39, 0.29) is 16.1 Å². The van der Waals surface area contributed by atoms with E-state index >= 15 is 0 Å². The maximum atomic E-state index is 13.8. The zero-order valence-electron chi connectivity index (χ0n) is 17.7. The zero-order chi connectivity index (χ0) is 23.4. The van der Waals surface area contributed by atoms with Gasteiger partial charge in [-0.3, -0.25) is 9.69 Å². The van der Waals surface area contributed by atoms with Gasteiger partial charge in [-0.1, -0.05) is 36.4 Å². The van der Waals surface area contributed by atoms with Crippen LogP contribution < -0.4 is 5.32 Å². The summed E-state index contributed by atoms with van der Waals surface area (Å²) in [4.78, 5) is 14.7. The highest BCUT2D eigenvalue weighted by atomic mass is 32.2. The van der Waals surface area contributed by atoms with Gasteiger partial charge < -0.3 is 5.32 Å². The molecule has 33 heavy (non-hydrogen) atoms. The van der Waals surface area contributed by atoms with Gasteiger partial charge in [-0.05, 0) is 35.9 Å². The lowest BCUT2D eigenvalue weighted by molar-refractivity contribution is 0.102. The summed E-state index contributed by atoms with van der Waals surface area (Å²) in [5, 5.41) is 2.29. The summed E-state index contributed by atoms with van der Waals surface area (Å²) in [6.07, 6.45) is 0. The Morgan fingerprint density at radius 1 is 0.879 bits per heavy atom. The van der Waals surface area contributed by atoms with E-state index in [4.69, 9.17) is 0 Å². The lowest BCUT2D eigenvalue weighted by atomic mass is 10.2. The number of hydrogen-bond donors (Lipinski definition) is 1. The molecular formula is C24H23F2N3O3S. The number of carbonyl (C=O) groups is 1. The third-order valence-corrected chi connectivity index (χ3v) is 7.39. The van der Waals surface area contributed by atoms with Gasteiger partial charge >= 0.3 is 0 Å². The third-order valence-electron chi connectivity index (χ3n) is 5.49. The predicted molar refractivity (Wildman–Crippen MR) is 121 cm³/mol. The van der Waals surface area contributed by atoms with Gasteiger partial charge in [0.05, 0.1) is 10.6 Å². The van der Waals surface area contributed by atoms with Crippen LogP contribution in [0.5, 0.6) is 0 Å². The van der Waals surface area contributed by atoms with Crippen LogP contribution in [-0.2, 0) is 16.6 Å². The molecule has 1 aliphatic heterocycles. The minimum Gasteiger partial charge on any atom is -0.319 e. The van der Waals surface area contributed by atoms with E-state index < -0.39 is 27.6 Å². The first-order valence-electron chi connectivity index (χ1n) is 10.5. The molecule has 0 bridgehead atoms. The summed E-state index contributed by atoms with van der Waals surface area (Å²) in [5.74, 6) is -2.22. The molecule has 1 heterocycles. The Labute approximate surface area is 191 Å². The van der Waals surface area contributed by atoms with Gasteiger partial charge in [0.1, 0.15) is 11.6 Å². The molecule has 0 aliphatic carbocycles. The highest BCUT2D eigenvalue weighted by Crippen LogP contribution is 2.21. The van der Waals surface area contributed by atoms with E-state index in [1.54, 1.807) is 0 Å². The quantitative estimate of drug-likeness (QED) is 0.595. The zero-order valence-corrected chi connectivity index (χ0v) is 18.6. The number of anilines is 1. The second kappa shape index (κ2) is 9.78. The van der Waals surface area contributed by atoms with Gasteiger partial charge in [-0.25, -0.2) is 17.2 Å². The summed E-state index contributed by atoms with van der Waals surface area (Å²) in [7, 11) is -3.81. The highest BCUT2D eigenvalue weighted by molar-refractivity contribution is 7.89. The van der Waals surface area contributed by atoms with Crippen LogP contribution in [0.4, 0.5) is 14.5 Å². The molecule has 9 heteroatoms. The van der Waals surface area contributed by atoms with E-state index in [2.05, 4.69) is 10.2 Å². The number of hydrogen-bond acceptors (Lipinski definition) is 4. The minimum atomic E-state index is -3.81. The third kappa shape index (κ3) is 5.44. The molecule has 0 saturated carbocycles. The summed E-state index contributed by atoms with van der Waals surface area (Å²) in [5.41, 5.74) is 0.882. The molecule has 0 spiro atoms. The number of carbonyl (C=O) groups excluding carboxylic acids is 1. The maximum absolute atomic E-state index is 13.8. The number of halogens is 2. The summed E-state index contributed by atoms with van der Waals surface area (Å²) >= 11 is 0. The van der Waals surface area contributed by atoms with Crippen LogP contribution in [0.2, 0.25) is 0 Å². The second-order valence-electron chi connectivity index (χ2n) is 7.77. The molecule has 3 aromatic rings. The summed E-state index contributed by atoms with van der Waals surface area (Å²) < 4.78 is 54.9. The lowest BCUT2D eigenvalue weighted by Gasteiger charge is -2.34. The van der Waals surface area contributed by atoms with Gasteiger partial charge in [0.15, 0.2) is 0 Å². The van der Waals surface area contributed by atoms with Crippen LogP contribution in [-0.4, -0.2) is 49.7 Å². The molecule has 0 atom stereocenters. The molecule has 3 aromatic carbocycles. The molecule has 1 amide bonds. The Kier molecular flexibility index (Phi) is 6.83. The molecule has 0 unspecified atom stereocenters. The van der Waals surface area contributed by atoms with Gasteiger partial charge in [-0.2, -0.15) is 4.31 Å². The number of rotatable bonds is 6. The average Bonchev–Trinajstić information content (AvgIpc) is 2.82. The Hall–Kier alpha value is -3.14. The topological polar surface area (TPSA) is 69.7 Å². The standard InChI is InChI=1S/C24H23F2N3O3S/c25-20-9-10-22(26)23(16-20)27-24(30)19-7-4-8-21(15-19)33(31,32)29-13-11-28(12-14-29)17-18-5-2-1-3-6-18/h1-10,15-16H,11-14,17H2,(H,27,30). The minimum absolute atomic E-state index is 0.0219. The normalized spacial score (nSPS) is 15.3. The van der Waals surface area contributed by atoms with Crippen molar-refractivity contribution in [2.75, 3.05) is 31.5 Å². The number of piperazine rings is 1. The highest BCUT2D eigenvalue weighted by Gasteiger charge is 2.29. The molecule has 0 radical (unpaired) electrons. The van der Waals surface area contributed by atoms with E-state index in [0.29, 0.717) is 26.2 Å². The van der Waals surface area contributed by atoms with Crippen LogP contribution in [0.25, 0.3) is 0 Å². The molecular weight excluding hydrogens is 448 g/mol. The number of nitrogens with one attached hydrogen (secondary N) is 1. The Balaban J connectivity index is 1.44. The molecule has 0 aromatic heterocycles. The first-order valence-corrected chi connectivity index (χ1v) is 11.9. The first kappa shape index (κ1) is 23.0. The largest absolute Gasteiger partial charge is 0.319 e. The summed E-state index contributed by atoms with van der Waals surface area (Å²) in [6, 6.07) is 18.2. The smallest absolute Gasteiger partial charge is 0.255 e. The van der Waals surface area contributed by atoms with Gasteiger partial charge in [0, 0.05) is 44.4 Å². The van der Waals surface area contributed by atoms with Crippen molar-refractivity contribution in [1.82, 2.24) is 9.21 Å². The fourth-order valence-electron chi connectivity index (χ4n) is 3.70. The van der Waals surface area contributed by atoms with Crippen molar-refractivity contribution in [2.24, 2.45) is 0 Å². The van der Waals surface area contributed by atoms with Crippen molar-refractivity contribution in [3.05, 3.63) is 95.6 Å². The lowest BCUT2D eigenvalue weighted by Crippen LogP contribution is -2.48. The number of nitrogens with zero attached hydrogens (tertiary/aromatic N) is 2. The fourth-order valence-corrected chi connectivity index (χ4v) is 5.17. The van der Waals surface area contributed by atoms with E-state index in [0.717, 1.165) is 24.7 Å². The first-order chi connectivity index (χ1) is 15.8. The van der Waals surface area contributed by atoms with Crippen molar-refractivity contribution in [2.45, 2.75) is 11.4 Å². The van der Waals surface area contributed by atoms with Crippen LogP contribution in [0.1, 0.15) is 15.9 Å². The molecule has 1 fully saturated rings. The van der Waals surface area contributed by atoms with Crippen LogP contribution in [0.15, 0.2) is 77.7 Å². The van der Waals surface area contributed by atoms with Crippen molar-refractivity contribution in [3.8, 4) is 0 Å².